The van der Waals surface area contributed by atoms with Crippen LogP contribution in [0.4, 0.5) is 4.39 Å². The van der Waals surface area contributed by atoms with Gasteiger partial charge >= 0.3 is 0 Å². The largest absolute Gasteiger partial charge is 0.325 e. The van der Waals surface area contributed by atoms with Gasteiger partial charge in [-0.3, -0.25) is 9.07 Å². The fourth-order valence-corrected chi connectivity index (χ4v) is 0.944. The van der Waals surface area contributed by atoms with Gasteiger partial charge in [0.15, 0.2) is 0 Å². The molecular formula is C7H12FN3. The molecule has 0 bridgehead atoms. The molecule has 0 saturated heterocycles. The van der Waals surface area contributed by atoms with Gasteiger partial charge in [-0.25, -0.2) is 0 Å². The van der Waals surface area contributed by atoms with E-state index in [0.29, 0.717) is 19.5 Å². The van der Waals surface area contributed by atoms with E-state index in [-0.39, 0.29) is 6.67 Å². The summed E-state index contributed by atoms with van der Waals surface area (Å²) in [7, 11) is 0. The first-order valence-corrected chi connectivity index (χ1v) is 3.65. The SMILES string of the molecule is NCc1ccnn1CCCF. The zero-order chi connectivity index (χ0) is 8.10. The standard InChI is InChI=1S/C7H12FN3/c8-3-1-5-11-7(6-9)2-4-10-11/h2,4H,1,3,5-6,9H2. The van der Waals surface area contributed by atoms with E-state index in [9.17, 15) is 4.39 Å². The van der Waals surface area contributed by atoms with E-state index in [1.807, 2.05) is 6.07 Å². The summed E-state index contributed by atoms with van der Waals surface area (Å²) >= 11 is 0. The lowest BCUT2D eigenvalue weighted by molar-refractivity contribution is 0.430. The molecule has 3 nitrogen and oxygen atoms in total. The maximum atomic E-state index is 11.7. The summed E-state index contributed by atoms with van der Waals surface area (Å²) in [5.41, 5.74) is 6.37. The molecule has 0 spiro atoms. The van der Waals surface area contributed by atoms with Crippen LogP contribution in [0.1, 0.15) is 12.1 Å². The van der Waals surface area contributed by atoms with Gasteiger partial charge in [0.25, 0.3) is 0 Å². The van der Waals surface area contributed by atoms with Crippen molar-refractivity contribution in [3.8, 4) is 0 Å². The molecule has 1 heterocycles. The molecule has 4 heteroatoms. The molecule has 0 radical (unpaired) electrons. The van der Waals surface area contributed by atoms with E-state index in [0.717, 1.165) is 5.69 Å². The van der Waals surface area contributed by atoms with Crippen molar-refractivity contribution in [2.75, 3.05) is 6.67 Å². The smallest absolute Gasteiger partial charge is 0.0912 e. The van der Waals surface area contributed by atoms with Gasteiger partial charge in [0.05, 0.1) is 12.4 Å². The first-order chi connectivity index (χ1) is 5.38. The van der Waals surface area contributed by atoms with Gasteiger partial charge in [-0.2, -0.15) is 5.10 Å². The number of hydrogen-bond donors (Lipinski definition) is 1. The number of hydrogen-bond acceptors (Lipinski definition) is 2. The van der Waals surface area contributed by atoms with E-state index in [1.54, 1.807) is 10.9 Å². The van der Waals surface area contributed by atoms with Crippen LogP contribution in [0.15, 0.2) is 12.3 Å². The molecule has 0 aliphatic carbocycles. The van der Waals surface area contributed by atoms with Crippen molar-refractivity contribution in [1.82, 2.24) is 9.78 Å². The van der Waals surface area contributed by atoms with Gasteiger partial charge < -0.3 is 5.73 Å². The topological polar surface area (TPSA) is 43.8 Å². The summed E-state index contributed by atoms with van der Waals surface area (Å²) in [5.74, 6) is 0. The van der Waals surface area contributed by atoms with E-state index >= 15 is 0 Å². The molecule has 0 aliphatic heterocycles. The Labute approximate surface area is 65.0 Å². The molecule has 2 N–H and O–H groups in total. The number of nitrogens with two attached hydrogens (primary N) is 1. The molecule has 1 aromatic rings. The molecule has 0 amide bonds. The molecule has 0 saturated carbocycles. The zero-order valence-corrected chi connectivity index (χ0v) is 6.33. The number of aromatic nitrogens is 2. The second kappa shape index (κ2) is 4.08. The van der Waals surface area contributed by atoms with Crippen molar-refractivity contribution < 1.29 is 4.39 Å². The third kappa shape index (κ3) is 2.01. The van der Waals surface area contributed by atoms with Crippen LogP contribution in [0.5, 0.6) is 0 Å². The summed E-state index contributed by atoms with van der Waals surface area (Å²) in [6.07, 6.45) is 2.19. The fraction of sp³-hybridized carbons (Fsp3) is 0.571. The van der Waals surface area contributed by atoms with E-state index in [2.05, 4.69) is 5.10 Å². The summed E-state index contributed by atoms with van der Waals surface area (Å²) in [6, 6.07) is 1.85. The van der Waals surface area contributed by atoms with Crippen LogP contribution in [0.3, 0.4) is 0 Å². The van der Waals surface area contributed by atoms with Gasteiger partial charge in [0.1, 0.15) is 0 Å². The molecule has 1 aromatic heterocycles. The van der Waals surface area contributed by atoms with Crippen molar-refractivity contribution >= 4 is 0 Å². The molecule has 0 aliphatic rings. The monoisotopic (exact) mass is 157 g/mol. The van der Waals surface area contributed by atoms with Crippen LogP contribution < -0.4 is 5.73 Å². The van der Waals surface area contributed by atoms with Crippen molar-refractivity contribution in [1.29, 1.82) is 0 Å². The van der Waals surface area contributed by atoms with Crippen molar-refractivity contribution in [3.05, 3.63) is 18.0 Å². The van der Waals surface area contributed by atoms with Gasteiger partial charge in [-0.05, 0) is 12.5 Å². The minimum atomic E-state index is -0.302. The number of nitrogens with zero attached hydrogens (tertiary/aromatic N) is 2. The summed E-state index contributed by atoms with van der Waals surface area (Å²) in [5, 5.41) is 3.99. The van der Waals surface area contributed by atoms with Gasteiger partial charge in [-0.1, -0.05) is 0 Å². The summed E-state index contributed by atoms with van der Waals surface area (Å²) in [4.78, 5) is 0. The van der Waals surface area contributed by atoms with Crippen molar-refractivity contribution in [3.63, 3.8) is 0 Å². The van der Waals surface area contributed by atoms with E-state index in [4.69, 9.17) is 5.73 Å². The predicted molar refractivity (Wildman–Crippen MR) is 40.7 cm³/mol. The van der Waals surface area contributed by atoms with Gasteiger partial charge in [0, 0.05) is 19.3 Å². The molecule has 0 unspecified atom stereocenters. The zero-order valence-electron chi connectivity index (χ0n) is 6.33. The Hall–Kier alpha value is -0.900. The molecule has 1 rings (SSSR count). The molecule has 62 valence electrons. The van der Waals surface area contributed by atoms with E-state index < -0.39 is 0 Å². The Bertz CT molecular complexity index is 209. The third-order valence-corrected chi connectivity index (χ3v) is 1.52. The highest BCUT2D eigenvalue weighted by molar-refractivity contribution is 4.99. The Morgan fingerprint density at radius 1 is 1.64 bits per heavy atom. The molecule has 0 fully saturated rings. The van der Waals surface area contributed by atoms with Crippen LogP contribution in [-0.4, -0.2) is 16.5 Å². The Balaban J connectivity index is 2.54. The molecular weight excluding hydrogens is 145 g/mol. The summed E-state index contributed by atoms with van der Waals surface area (Å²) in [6.45, 7) is 0.784. The van der Waals surface area contributed by atoms with Crippen molar-refractivity contribution in [2.45, 2.75) is 19.5 Å². The lowest BCUT2D eigenvalue weighted by Gasteiger charge is -2.02. The Morgan fingerprint density at radius 3 is 3.09 bits per heavy atom. The van der Waals surface area contributed by atoms with Gasteiger partial charge in [-0.15, -0.1) is 0 Å². The van der Waals surface area contributed by atoms with Crippen LogP contribution in [0, 0.1) is 0 Å². The minimum absolute atomic E-state index is 0.302. The third-order valence-electron chi connectivity index (χ3n) is 1.52. The lowest BCUT2D eigenvalue weighted by atomic mass is 10.4. The molecule has 0 atom stereocenters. The average molecular weight is 157 g/mol. The van der Waals surface area contributed by atoms with Crippen LogP contribution >= 0.6 is 0 Å². The lowest BCUT2D eigenvalue weighted by Crippen LogP contribution is -2.09. The average Bonchev–Trinajstić information content (AvgIpc) is 2.47. The van der Waals surface area contributed by atoms with E-state index in [1.165, 1.54) is 0 Å². The fourth-order valence-electron chi connectivity index (χ4n) is 0.944. The number of halogens is 1. The van der Waals surface area contributed by atoms with Gasteiger partial charge in [0.2, 0.25) is 0 Å². The highest BCUT2D eigenvalue weighted by Gasteiger charge is 1.98. The first-order valence-electron chi connectivity index (χ1n) is 3.65. The number of rotatable bonds is 4. The predicted octanol–water partition coefficient (Wildman–Crippen LogP) is 0.701. The maximum absolute atomic E-state index is 11.7. The quantitative estimate of drug-likeness (QED) is 0.699. The number of alkyl halides is 1. The molecule has 0 aromatic carbocycles. The minimum Gasteiger partial charge on any atom is -0.325 e. The number of aryl methyl sites for hydroxylation is 1. The summed E-state index contributed by atoms with van der Waals surface area (Å²) < 4.78 is 13.5. The highest BCUT2D eigenvalue weighted by atomic mass is 19.1. The highest BCUT2D eigenvalue weighted by Crippen LogP contribution is 1.98. The van der Waals surface area contributed by atoms with Crippen molar-refractivity contribution in [2.24, 2.45) is 5.73 Å². The van der Waals surface area contributed by atoms with Crippen LogP contribution in [0.2, 0.25) is 0 Å². The second-order valence-corrected chi connectivity index (χ2v) is 2.29. The van der Waals surface area contributed by atoms with Crippen LogP contribution in [0.25, 0.3) is 0 Å². The molecule has 11 heavy (non-hydrogen) atoms. The first kappa shape index (κ1) is 8.20. The second-order valence-electron chi connectivity index (χ2n) is 2.29. The normalized spacial score (nSPS) is 10.4. The maximum Gasteiger partial charge on any atom is 0.0912 e. The Morgan fingerprint density at radius 2 is 2.45 bits per heavy atom. The van der Waals surface area contributed by atoms with Crippen LogP contribution in [-0.2, 0) is 13.1 Å². The Kier molecular flexibility index (Phi) is 3.04.